The lowest BCUT2D eigenvalue weighted by Gasteiger charge is -2.21. The van der Waals surface area contributed by atoms with E-state index < -0.39 is 6.36 Å². The van der Waals surface area contributed by atoms with Gasteiger partial charge in [0.1, 0.15) is 5.75 Å². The van der Waals surface area contributed by atoms with Crippen molar-refractivity contribution in [3.8, 4) is 5.75 Å². The Balaban J connectivity index is 0.00000264. The Bertz CT molecular complexity index is 587. The highest BCUT2D eigenvalue weighted by Gasteiger charge is 2.31. The first-order valence-electron chi connectivity index (χ1n) is 7.02. The molecule has 1 N–H and O–H groups in total. The third-order valence-corrected chi connectivity index (χ3v) is 3.41. The molecule has 0 amide bonds. The van der Waals surface area contributed by atoms with E-state index in [1.807, 2.05) is 44.2 Å². The summed E-state index contributed by atoms with van der Waals surface area (Å²) in [4.78, 5) is 0. The highest BCUT2D eigenvalue weighted by atomic mass is 32.1. The lowest BCUT2D eigenvalue weighted by molar-refractivity contribution is -0.274. The predicted octanol–water partition coefficient (Wildman–Crippen LogP) is 5.11. The maximum Gasteiger partial charge on any atom is 0.573 e. The van der Waals surface area contributed by atoms with Crippen molar-refractivity contribution >= 4 is 13.5 Å². The Kier molecular flexibility index (Phi) is 6.97. The Morgan fingerprint density at radius 3 is 1.78 bits per heavy atom. The quantitative estimate of drug-likeness (QED) is 0.814. The first-order chi connectivity index (χ1) is 10.3. The summed E-state index contributed by atoms with van der Waals surface area (Å²) in [6, 6.07) is 16.0. The molecule has 0 radical (unpaired) electrons. The van der Waals surface area contributed by atoms with E-state index in [1.165, 1.54) is 12.1 Å². The molecule has 0 heterocycles. The molecule has 126 valence electrons. The van der Waals surface area contributed by atoms with Crippen LogP contribution in [0.25, 0.3) is 0 Å². The molecule has 0 aliphatic rings. The number of nitrogens with one attached hydrogen (secondary N) is 1. The molecule has 0 saturated heterocycles. The summed E-state index contributed by atoms with van der Waals surface area (Å²) in [7, 11) is 0. The van der Waals surface area contributed by atoms with Gasteiger partial charge in [0.05, 0.1) is 0 Å². The molecule has 0 saturated carbocycles. The van der Waals surface area contributed by atoms with Crippen molar-refractivity contribution in [2.24, 2.45) is 0 Å². The van der Waals surface area contributed by atoms with Crippen molar-refractivity contribution < 1.29 is 17.9 Å². The van der Waals surface area contributed by atoms with Crippen molar-refractivity contribution in [2.75, 3.05) is 0 Å². The molecule has 2 unspecified atom stereocenters. The normalized spacial score (nSPS) is 13.8. The highest BCUT2D eigenvalue weighted by molar-refractivity contribution is 7.59. The van der Waals surface area contributed by atoms with Crippen LogP contribution in [-0.2, 0) is 0 Å². The maximum atomic E-state index is 12.1. The summed E-state index contributed by atoms with van der Waals surface area (Å²) in [5.74, 6) is -0.209. The van der Waals surface area contributed by atoms with Gasteiger partial charge < -0.3 is 10.1 Å². The molecule has 0 aliphatic carbocycles. The summed E-state index contributed by atoms with van der Waals surface area (Å²) < 4.78 is 40.2. The fraction of sp³-hybridized carbons (Fsp3) is 0.294. The maximum absolute atomic E-state index is 12.1. The van der Waals surface area contributed by atoms with Gasteiger partial charge in [-0.05, 0) is 37.1 Å². The van der Waals surface area contributed by atoms with Gasteiger partial charge in [0.25, 0.3) is 0 Å². The summed E-state index contributed by atoms with van der Waals surface area (Å²) in [5, 5.41) is 3.42. The van der Waals surface area contributed by atoms with Crippen molar-refractivity contribution in [1.29, 1.82) is 0 Å². The second kappa shape index (κ2) is 8.26. The molecule has 2 atom stereocenters. The van der Waals surface area contributed by atoms with E-state index in [0.29, 0.717) is 0 Å². The van der Waals surface area contributed by atoms with Crippen LogP contribution in [0.2, 0.25) is 0 Å². The third-order valence-electron chi connectivity index (χ3n) is 3.41. The van der Waals surface area contributed by atoms with E-state index in [2.05, 4.69) is 10.1 Å². The van der Waals surface area contributed by atoms with Crippen LogP contribution >= 0.6 is 13.5 Å². The lowest BCUT2D eigenvalue weighted by Crippen LogP contribution is -2.22. The zero-order chi connectivity index (χ0) is 16.2. The second-order valence-corrected chi connectivity index (χ2v) is 5.14. The van der Waals surface area contributed by atoms with Crippen LogP contribution in [-0.4, -0.2) is 6.36 Å². The van der Waals surface area contributed by atoms with E-state index in [1.54, 1.807) is 12.1 Å². The Morgan fingerprint density at radius 2 is 1.30 bits per heavy atom. The predicted molar refractivity (Wildman–Crippen MR) is 89.9 cm³/mol. The van der Waals surface area contributed by atoms with E-state index >= 15 is 0 Å². The number of hydrogen-bond donors (Lipinski definition) is 1. The molecule has 6 heteroatoms. The standard InChI is InChI=1S/C17H18F3NO.H2S/c1-12(14-6-4-3-5-7-14)21-13(2)15-8-10-16(11-9-15)22-17(18,19)20;/h3-13,21H,1-2H3;1H2. The molecule has 2 aromatic carbocycles. The summed E-state index contributed by atoms with van der Waals surface area (Å²) in [6.45, 7) is 4.02. The van der Waals surface area contributed by atoms with Gasteiger partial charge in [-0.15, -0.1) is 13.2 Å². The van der Waals surface area contributed by atoms with Crippen LogP contribution in [0.4, 0.5) is 13.2 Å². The summed E-state index contributed by atoms with van der Waals surface area (Å²) in [6.07, 6.45) is -4.66. The minimum atomic E-state index is -4.66. The zero-order valence-electron chi connectivity index (χ0n) is 12.9. The first-order valence-corrected chi connectivity index (χ1v) is 7.02. The average Bonchev–Trinajstić information content (AvgIpc) is 2.47. The van der Waals surface area contributed by atoms with Gasteiger partial charge in [-0.2, -0.15) is 13.5 Å². The van der Waals surface area contributed by atoms with E-state index in [4.69, 9.17) is 0 Å². The molecular formula is C17H20F3NOS. The average molecular weight is 343 g/mol. The van der Waals surface area contributed by atoms with Gasteiger partial charge in [-0.1, -0.05) is 42.5 Å². The Labute approximate surface area is 141 Å². The van der Waals surface area contributed by atoms with E-state index in [9.17, 15) is 13.2 Å². The van der Waals surface area contributed by atoms with Crippen LogP contribution in [0, 0.1) is 0 Å². The molecule has 0 bridgehead atoms. The molecule has 2 aromatic rings. The van der Waals surface area contributed by atoms with Gasteiger partial charge in [0.2, 0.25) is 0 Å². The van der Waals surface area contributed by atoms with E-state index in [0.717, 1.165) is 11.1 Å². The highest BCUT2D eigenvalue weighted by Crippen LogP contribution is 2.25. The van der Waals surface area contributed by atoms with Crippen molar-refractivity contribution in [3.63, 3.8) is 0 Å². The molecule has 0 spiro atoms. The number of halogens is 3. The smallest absolute Gasteiger partial charge is 0.406 e. The van der Waals surface area contributed by atoms with Crippen LogP contribution in [0.3, 0.4) is 0 Å². The molecule has 2 nitrogen and oxygen atoms in total. The van der Waals surface area contributed by atoms with Crippen molar-refractivity contribution in [3.05, 3.63) is 65.7 Å². The SMILES string of the molecule is CC(NC(C)c1ccc(OC(F)(F)F)cc1)c1ccccc1.S. The second-order valence-electron chi connectivity index (χ2n) is 5.14. The topological polar surface area (TPSA) is 21.3 Å². The molecule has 2 rings (SSSR count). The Hall–Kier alpha value is -1.66. The van der Waals surface area contributed by atoms with E-state index in [-0.39, 0.29) is 31.3 Å². The number of rotatable bonds is 5. The number of benzene rings is 2. The van der Waals surface area contributed by atoms with Gasteiger partial charge in [-0.3, -0.25) is 0 Å². The lowest BCUT2D eigenvalue weighted by atomic mass is 10.0. The number of ether oxygens (including phenoxy) is 1. The number of hydrogen-bond acceptors (Lipinski definition) is 2. The van der Waals surface area contributed by atoms with Crippen molar-refractivity contribution in [1.82, 2.24) is 5.32 Å². The first kappa shape index (κ1) is 19.4. The zero-order valence-corrected chi connectivity index (χ0v) is 13.9. The van der Waals surface area contributed by atoms with Gasteiger partial charge in [0, 0.05) is 12.1 Å². The minimum absolute atomic E-state index is 0. The van der Waals surface area contributed by atoms with Gasteiger partial charge >= 0.3 is 6.36 Å². The molecular weight excluding hydrogens is 323 g/mol. The third kappa shape index (κ3) is 6.15. The van der Waals surface area contributed by atoms with Crippen LogP contribution in [0.1, 0.15) is 37.1 Å². The molecule has 23 heavy (non-hydrogen) atoms. The summed E-state index contributed by atoms with van der Waals surface area (Å²) in [5.41, 5.74) is 2.06. The number of alkyl halides is 3. The van der Waals surface area contributed by atoms with Crippen molar-refractivity contribution in [2.45, 2.75) is 32.3 Å². The monoisotopic (exact) mass is 343 g/mol. The Morgan fingerprint density at radius 1 is 0.826 bits per heavy atom. The molecule has 0 fully saturated rings. The molecule has 0 aliphatic heterocycles. The largest absolute Gasteiger partial charge is 0.573 e. The van der Waals surface area contributed by atoms with Crippen LogP contribution < -0.4 is 10.1 Å². The fourth-order valence-corrected chi connectivity index (χ4v) is 2.27. The van der Waals surface area contributed by atoms with Crippen LogP contribution in [0.5, 0.6) is 5.75 Å². The van der Waals surface area contributed by atoms with Gasteiger partial charge in [-0.25, -0.2) is 0 Å². The summed E-state index contributed by atoms with van der Waals surface area (Å²) >= 11 is 0. The minimum Gasteiger partial charge on any atom is -0.406 e. The van der Waals surface area contributed by atoms with Crippen LogP contribution in [0.15, 0.2) is 54.6 Å². The molecule has 0 aromatic heterocycles. The fourth-order valence-electron chi connectivity index (χ4n) is 2.27. The van der Waals surface area contributed by atoms with Gasteiger partial charge in [0.15, 0.2) is 0 Å².